The van der Waals surface area contributed by atoms with Gasteiger partial charge in [0.15, 0.2) is 5.65 Å². The molecule has 0 radical (unpaired) electrons. The van der Waals surface area contributed by atoms with Crippen LogP contribution in [0.5, 0.6) is 0 Å². The minimum absolute atomic E-state index is 0.287. The highest BCUT2D eigenvalue weighted by atomic mass is 35.5. The van der Waals surface area contributed by atoms with Gasteiger partial charge < -0.3 is 15.1 Å². The molecule has 0 fully saturated rings. The van der Waals surface area contributed by atoms with E-state index in [2.05, 4.69) is 63.2 Å². The Labute approximate surface area is 213 Å². The number of rotatable bonds is 8. The smallest absolute Gasteiger partial charge is 0.270 e. The molecule has 3 aromatic heterocycles. The Balaban J connectivity index is 1.48. The summed E-state index contributed by atoms with van der Waals surface area (Å²) in [5.74, 6) is 0.812. The van der Waals surface area contributed by atoms with Gasteiger partial charge in [-0.15, -0.1) is 0 Å². The van der Waals surface area contributed by atoms with Crippen molar-refractivity contribution in [2.45, 2.75) is 6.92 Å². The van der Waals surface area contributed by atoms with Crippen LogP contribution >= 0.6 is 11.6 Å². The second kappa shape index (κ2) is 9.96. The highest BCUT2D eigenvalue weighted by Gasteiger charge is 2.17. The fraction of sp³-hybridized carbons (Fsp3) is 0.231. The van der Waals surface area contributed by atoms with Crippen molar-refractivity contribution in [2.75, 3.05) is 43.9 Å². The number of aromatic nitrogens is 5. The van der Waals surface area contributed by atoms with E-state index in [1.165, 1.54) is 10.8 Å². The number of nitrogens with one attached hydrogen (secondary N) is 1. The average Bonchev–Trinajstić information content (AvgIpc) is 3.36. The molecule has 1 N–H and O–H groups in total. The van der Waals surface area contributed by atoms with Crippen molar-refractivity contribution in [1.82, 2.24) is 28.8 Å². The van der Waals surface area contributed by atoms with Crippen LogP contribution < -0.4 is 15.8 Å². The Bertz CT molecular complexity index is 1580. The summed E-state index contributed by atoms with van der Waals surface area (Å²) in [5.41, 5.74) is 2.74. The first-order chi connectivity index (χ1) is 17.5. The van der Waals surface area contributed by atoms with Crippen molar-refractivity contribution < 1.29 is 0 Å². The highest BCUT2D eigenvalue weighted by molar-refractivity contribution is 6.32. The quantitative estimate of drug-likeness (QED) is 0.340. The molecule has 0 spiro atoms. The van der Waals surface area contributed by atoms with E-state index < -0.39 is 0 Å². The van der Waals surface area contributed by atoms with E-state index in [4.69, 9.17) is 11.6 Å². The number of halogens is 1. The summed E-state index contributed by atoms with van der Waals surface area (Å²) in [6, 6.07) is 15.3. The van der Waals surface area contributed by atoms with Crippen LogP contribution in [0.15, 0.2) is 71.9 Å². The normalized spacial score (nSPS) is 11.5. The van der Waals surface area contributed by atoms with Crippen LogP contribution in [0.3, 0.4) is 0 Å². The molecule has 36 heavy (non-hydrogen) atoms. The number of nitrogens with zero attached hydrogens (tertiary/aromatic N) is 7. The lowest BCUT2D eigenvalue weighted by atomic mass is 10.2. The zero-order chi connectivity index (χ0) is 25.2. The van der Waals surface area contributed by atoms with Gasteiger partial charge in [0.05, 0.1) is 10.7 Å². The van der Waals surface area contributed by atoms with Crippen LogP contribution in [0.1, 0.15) is 6.92 Å². The van der Waals surface area contributed by atoms with Crippen molar-refractivity contribution in [3.05, 3.63) is 82.5 Å². The first-order valence-corrected chi connectivity index (χ1v) is 12.1. The van der Waals surface area contributed by atoms with Gasteiger partial charge in [-0.1, -0.05) is 23.7 Å². The second-order valence-corrected chi connectivity index (χ2v) is 9.08. The van der Waals surface area contributed by atoms with Crippen LogP contribution in [-0.2, 0) is 0 Å². The molecule has 10 heteroatoms. The summed E-state index contributed by atoms with van der Waals surface area (Å²) in [6.07, 6.45) is 4.93. The average molecular weight is 503 g/mol. The van der Waals surface area contributed by atoms with E-state index in [1.54, 1.807) is 28.9 Å². The number of para-hydroxylation sites is 1. The third-order valence-electron chi connectivity index (χ3n) is 6.03. The summed E-state index contributed by atoms with van der Waals surface area (Å²) in [7, 11) is 4.15. The largest absolute Gasteiger partial charge is 0.371 e. The molecule has 2 aromatic carbocycles. The standard InChI is InChI=1S/C26H27ClN8O/c1-4-33(16-15-32(2)3)19-11-9-18(10-12-19)30-25-29-17-20-23(31-25)34-14-13-28-26(34)35(24(20)36)22-8-6-5-7-21(22)27/h5-14,17H,4,15-16H2,1-3H3,(H,29,30,31). The highest BCUT2D eigenvalue weighted by Crippen LogP contribution is 2.23. The summed E-state index contributed by atoms with van der Waals surface area (Å²) < 4.78 is 3.25. The zero-order valence-corrected chi connectivity index (χ0v) is 21.1. The van der Waals surface area contributed by atoms with Crippen molar-refractivity contribution in [1.29, 1.82) is 0 Å². The van der Waals surface area contributed by atoms with Crippen molar-refractivity contribution >= 4 is 45.7 Å². The molecule has 0 saturated carbocycles. The van der Waals surface area contributed by atoms with Gasteiger partial charge in [0, 0.05) is 49.6 Å². The number of hydrogen-bond acceptors (Lipinski definition) is 7. The summed E-state index contributed by atoms with van der Waals surface area (Å²) in [5, 5.41) is 4.06. The maximum Gasteiger partial charge on any atom is 0.270 e. The second-order valence-electron chi connectivity index (χ2n) is 8.67. The van der Waals surface area contributed by atoms with Crippen molar-refractivity contribution in [2.24, 2.45) is 0 Å². The molecule has 5 rings (SSSR count). The van der Waals surface area contributed by atoms with Crippen LogP contribution in [-0.4, -0.2) is 62.5 Å². The molecular weight excluding hydrogens is 476 g/mol. The monoisotopic (exact) mass is 502 g/mol. The third-order valence-corrected chi connectivity index (χ3v) is 6.35. The van der Waals surface area contributed by atoms with Gasteiger partial charge in [-0.2, -0.15) is 4.98 Å². The number of benzene rings is 2. The first-order valence-electron chi connectivity index (χ1n) is 11.7. The Morgan fingerprint density at radius 1 is 1.03 bits per heavy atom. The number of hydrogen-bond donors (Lipinski definition) is 1. The fourth-order valence-electron chi connectivity index (χ4n) is 4.13. The topological polar surface area (TPSA) is 83.6 Å². The molecule has 0 bridgehead atoms. The van der Waals surface area contributed by atoms with E-state index >= 15 is 0 Å². The molecule has 0 saturated heterocycles. The first kappa shape index (κ1) is 23.8. The zero-order valence-electron chi connectivity index (χ0n) is 20.4. The number of anilines is 3. The van der Waals surface area contributed by atoms with Crippen LogP contribution in [0, 0.1) is 0 Å². The van der Waals surface area contributed by atoms with E-state index in [-0.39, 0.29) is 5.56 Å². The maximum atomic E-state index is 13.4. The van der Waals surface area contributed by atoms with Gasteiger partial charge in [-0.3, -0.25) is 9.20 Å². The summed E-state index contributed by atoms with van der Waals surface area (Å²) in [4.78, 5) is 31.4. The van der Waals surface area contributed by atoms with Gasteiger partial charge >= 0.3 is 0 Å². The Kier molecular flexibility index (Phi) is 6.58. The number of imidazole rings is 1. The predicted octanol–water partition coefficient (Wildman–Crippen LogP) is 4.21. The van der Waals surface area contributed by atoms with E-state index in [0.29, 0.717) is 33.5 Å². The van der Waals surface area contributed by atoms with Gasteiger partial charge in [-0.25, -0.2) is 14.5 Å². The minimum atomic E-state index is -0.287. The SMILES string of the molecule is CCN(CCN(C)C)c1ccc(Nc2ncc3c(=O)n(-c4ccccc4Cl)c4nccn4c3n2)cc1. The molecule has 9 nitrogen and oxygen atoms in total. The number of likely N-dealkylation sites (N-methyl/N-ethyl adjacent to an activating group) is 2. The molecular formula is C26H27ClN8O. The fourth-order valence-corrected chi connectivity index (χ4v) is 4.35. The van der Waals surface area contributed by atoms with Gasteiger partial charge in [0.2, 0.25) is 11.7 Å². The molecule has 0 atom stereocenters. The molecule has 0 aliphatic heterocycles. The minimum Gasteiger partial charge on any atom is -0.371 e. The van der Waals surface area contributed by atoms with E-state index in [9.17, 15) is 4.79 Å². The lowest BCUT2D eigenvalue weighted by Gasteiger charge is -2.25. The van der Waals surface area contributed by atoms with Crippen LogP contribution in [0.4, 0.5) is 17.3 Å². The Morgan fingerprint density at radius 3 is 2.53 bits per heavy atom. The van der Waals surface area contributed by atoms with Crippen LogP contribution in [0.2, 0.25) is 5.02 Å². The lowest BCUT2D eigenvalue weighted by molar-refractivity contribution is 0.414. The summed E-state index contributed by atoms with van der Waals surface area (Å²) >= 11 is 6.39. The lowest BCUT2D eigenvalue weighted by Crippen LogP contribution is -2.31. The van der Waals surface area contributed by atoms with Crippen molar-refractivity contribution in [3.63, 3.8) is 0 Å². The van der Waals surface area contributed by atoms with Crippen LogP contribution in [0.25, 0.3) is 22.5 Å². The molecule has 5 aromatic rings. The summed E-state index contributed by atoms with van der Waals surface area (Å²) in [6.45, 7) is 5.03. The molecule has 0 aliphatic carbocycles. The van der Waals surface area contributed by atoms with Gasteiger partial charge in [0.1, 0.15) is 5.39 Å². The molecule has 184 valence electrons. The Hall–Kier alpha value is -3.95. The molecule has 3 heterocycles. The number of fused-ring (bicyclic) bond motifs is 3. The van der Waals surface area contributed by atoms with Crippen molar-refractivity contribution in [3.8, 4) is 5.69 Å². The van der Waals surface area contributed by atoms with E-state index in [1.807, 2.05) is 24.3 Å². The maximum absolute atomic E-state index is 13.4. The van der Waals surface area contributed by atoms with Gasteiger partial charge in [0.25, 0.3) is 5.56 Å². The van der Waals surface area contributed by atoms with E-state index in [0.717, 1.165) is 31.0 Å². The predicted molar refractivity (Wildman–Crippen MR) is 145 cm³/mol. The van der Waals surface area contributed by atoms with Gasteiger partial charge in [-0.05, 0) is 57.4 Å². The third kappa shape index (κ3) is 4.50. The molecule has 0 amide bonds. The molecule has 0 unspecified atom stereocenters. The molecule has 0 aliphatic rings. The Morgan fingerprint density at radius 2 is 1.81 bits per heavy atom.